The average Bonchev–Trinajstić information content (AvgIpc) is 3.01. The minimum atomic E-state index is -0.0231. The van der Waals surface area contributed by atoms with E-state index in [9.17, 15) is 5.11 Å². The first-order chi connectivity index (χ1) is 11.7. The number of nitrogens with zero attached hydrogens (tertiary/aromatic N) is 2. The number of aryl methyl sites for hydroxylation is 1. The van der Waals surface area contributed by atoms with Gasteiger partial charge in [0.15, 0.2) is 16.6 Å². The molecule has 24 heavy (non-hydrogen) atoms. The van der Waals surface area contributed by atoms with Gasteiger partial charge in [-0.3, -0.25) is 0 Å². The Hall–Kier alpha value is -1.83. The molecule has 0 unspecified atom stereocenters. The van der Waals surface area contributed by atoms with Crippen molar-refractivity contribution in [1.82, 2.24) is 4.98 Å². The van der Waals surface area contributed by atoms with Crippen LogP contribution in [0, 0.1) is 6.92 Å². The molecule has 0 saturated carbocycles. The predicted molar refractivity (Wildman–Crippen MR) is 93.1 cm³/mol. The Bertz CT molecular complexity index is 683. The minimum Gasteiger partial charge on any atom is -0.493 e. The van der Waals surface area contributed by atoms with Crippen molar-refractivity contribution in [2.45, 2.75) is 20.1 Å². The molecule has 0 bridgehead atoms. The topological polar surface area (TPSA) is 64.0 Å². The van der Waals surface area contributed by atoms with Gasteiger partial charge >= 0.3 is 0 Å². The van der Waals surface area contributed by atoms with Crippen LogP contribution in [0.5, 0.6) is 11.5 Å². The van der Waals surface area contributed by atoms with Gasteiger partial charge in [0.05, 0.1) is 32.6 Å². The highest BCUT2D eigenvalue weighted by molar-refractivity contribution is 7.15. The summed E-state index contributed by atoms with van der Waals surface area (Å²) < 4.78 is 16.6. The Balaban J connectivity index is 1.69. The van der Waals surface area contributed by atoms with Crippen molar-refractivity contribution in [3.8, 4) is 11.5 Å². The van der Waals surface area contributed by atoms with Crippen molar-refractivity contribution in [3.63, 3.8) is 0 Å². The first-order valence-corrected chi connectivity index (χ1v) is 8.72. The zero-order chi connectivity index (χ0) is 16.9. The van der Waals surface area contributed by atoms with E-state index in [1.807, 2.05) is 12.1 Å². The molecule has 6 nitrogen and oxygen atoms in total. The number of benzene rings is 1. The number of rotatable bonds is 6. The zero-order valence-corrected chi connectivity index (χ0v) is 14.8. The lowest BCUT2D eigenvalue weighted by Gasteiger charge is -2.26. The molecular formula is C17H22N2O4S. The van der Waals surface area contributed by atoms with E-state index >= 15 is 0 Å². The first kappa shape index (κ1) is 17.0. The average molecular weight is 350 g/mol. The lowest BCUT2D eigenvalue weighted by atomic mass is 10.2. The van der Waals surface area contributed by atoms with Crippen molar-refractivity contribution < 1.29 is 19.3 Å². The van der Waals surface area contributed by atoms with Crippen LogP contribution in [0.4, 0.5) is 5.13 Å². The summed E-state index contributed by atoms with van der Waals surface area (Å²) in [5, 5.41) is 10.2. The SMILES string of the molecule is COc1cc(CO)ccc1OCc1nc(N2CCOCC2)sc1C. The number of methoxy groups -OCH3 is 1. The van der Waals surface area contributed by atoms with E-state index in [2.05, 4.69) is 11.8 Å². The van der Waals surface area contributed by atoms with Crippen molar-refractivity contribution in [2.75, 3.05) is 38.3 Å². The summed E-state index contributed by atoms with van der Waals surface area (Å²) in [6.45, 7) is 5.68. The molecule has 130 valence electrons. The smallest absolute Gasteiger partial charge is 0.186 e. The lowest BCUT2D eigenvalue weighted by Crippen LogP contribution is -2.36. The van der Waals surface area contributed by atoms with Crippen LogP contribution in [0.2, 0.25) is 0 Å². The molecule has 0 spiro atoms. The Morgan fingerprint density at radius 3 is 2.79 bits per heavy atom. The Morgan fingerprint density at radius 2 is 2.08 bits per heavy atom. The van der Waals surface area contributed by atoms with Gasteiger partial charge in [-0.25, -0.2) is 4.98 Å². The van der Waals surface area contributed by atoms with Gasteiger partial charge in [0.25, 0.3) is 0 Å². The number of thiazole rings is 1. The van der Waals surface area contributed by atoms with Crippen molar-refractivity contribution >= 4 is 16.5 Å². The molecule has 0 atom stereocenters. The molecule has 2 heterocycles. The third-order valence-corrected chi connectivity index (χ3v) is 5.01. The van der Waals surface area contributed by atoms with Crippen molar-refractivity contribution in [1.29, 1.82) is 0 Å². The van der Waals surface area contributed by atoms with E-state index in [-0.39, 0.29) is 6.61 Å². The molecule has 1 N–H and O–H groups in total. The number of morpholine rings is 1. The number of aliphatic hydroxyl groups is 1. The molecule has 1 fully saturated rings. The second-order valence-corrected chi connectivity index (χ2v) is 6.71. The fraction of sp³-hybridized carbons (Fsp3) is 0.471. The van der Waals surface area contributed by atoms with Gasteiger partial charge in [-0.1, -0.05) is 6.07 Å². The molecule has 0 radical (unpaired) electrons. The third-order valence-electron chi connectivity index (χ3n) is 3.94. The third kappa shape index (κ3) is 3.80. The van der Waals surface area contributed by atoms with E-state index < -0.39 is 0 Å². The maximum Gasteiger partial charge on any atom is 0.186 e. The van der Waals surface area contributed by atoms with Crippen LogP contribution in [0.3, 0.4) is 0 Å². The van der Waals surface area contributed by atoms with Crippen molar-refractivity contribution in [2.24, 2.45) is 0 Å². The highest BCUT2D eigenvalue weighted by Crippen LogP contribution is 2.31. The molecule has 1 saturated heterocycles. The molecule has 1 aromatic carbocycles. The second kappa shape index (κ2) is 7.83. The normalized spacial score (nSPS) is 14.7. The molecule has 1 aliphatic rings. The molecule has 3 rings (SSSR count). The van der Waals surface area contributed by atoms with E-state index in [0.717, 1.165) is 47.6 Å². The first-order valence-electron chi connectivity index (χ1n) is 7.91. The summed E-state index contributed by atoms with van der Waals surface area (Å²) in [5.74, 6) is 1.26. The molecular weight excluding hydrogens is 328 g/mol. The van der Waals surface area contributed by atoms with Crippen LogP contribution in [-0.4, -0.2) is 43.5 Å². The van der Waals surface area contributed by atoms with Crippen LogP contribution in [0.25, 0.3) is 0 Å². The Morgan fingerprint density at radius 1 is 1.29 bits per heavy atom. The number of aliphatic hydroxyl groups excluding tert-OH is 1. The van der Waals surface area contributed by atoms with Gasteiger partial charge in [-0.15, -0.1) is 11.3 Å². The Labute approximate surface area is 145 Å². The number of hydrogen-bond donors (Lipinski definition) is 1. The summed E-state index contributed by atoms with van der Waals surface area (Å²) >= 11 is 1.69. The zero-order valence-electron chi connectivity index (χ0n) is 13.9. The van der Waals surface area contributed by atoms with E-state index in [0.29, 0.717) is 18.1 Å². The summed E-state index contributed by atoms with van der Waals surface area (Å²) in [6.07, 6.45) is 0. The molecule has 1 aromatic heterocycles. The fourth-order valence-corrected chi connectivity index (χ4v) is 3.48. The maximum atomic E-state index is 9.20. The number of anilines is 1. The number of hydrogen-bond acceptors (Lipinski definition) is 7. The van der Waals surface area contributed by atoms with Crippen molar-refractivity contribution in [3.05, 3.63) is 34.3 Å². The standard InChI is InChI=1S/C17H22N2O4S/c1-12-14(18-17(24-12)19-5-7-22-8-6-19)11-23-15-4-3-13(10-20)9-16(15)21-2/h3-4,9,20H,5-8,10-11H2,1-2H3. The molecule has 2 aromatic rings. The van der Waals surface area contributed by atoms with Crippen LogP contribution < -0.4 is 14.4 Å². The fourth-order valence-electron chi connectivity index (χ4n) is 2.51. The summed E-state index contributed by atoms with van der Waals surface area (Å²) in [6, 6.07) is 5.42. The molecule has 0 amide bonds. The van der Waals surface area contributed by atoms with Gasteiger partial charge in [0, 0.05) is 18.0 Å². The number of aromatic nitrogens is 1. The lowest BCUT2D eigenvalue weighted by molar-refractivity contribution is 0.122. The minimum absolute atomic E-state index is 0.0231. The summed E-state index contributed by atoms with van der Waals surface area (Å²) in [7, 11) is 1.59. The quantitative estimate of drug-likeness (QED) is 0.863. The number of ether oxygens (including phenoxy) is 3. The monoisotopic (exact) mass is 350 g/mol. The van der Waals surface area contributed by atoms with Crippen LogP contribution in [-0.2, 0) is 18.0 Å². The van der Waals surface area contributed by atoms with Gasteiger partial charge in [-0.05, 0) is 24.6 Å². The second-order valence-electron chi connectivity index (χ2n) is 5.53. The largest absolute Gasteiger partial charge is 0.493 e. The highest BCUT2D eigenvalue weighted by Gasteiger charge is 2.17. The summed E-state index contributed by atoms with van der Waals surface area (Å²) in [5.41, 5.74) is 1.73. The van der Waals surface area contributed by atoms with E-state index in [4.69, 9.17) is 19.2 Å². The predicted octanol–water partition coefficient (Wildman–Crippen LogP) is 2.37. The van der Waals surface area contributed by atoms with Gasteiger partial charge in [0.2, 0.25) is 0 Å². The molecule has 1 aliphatic heterocycles. The van der Waals surface area contributed by atoms with E-state index in [1.165, 1.54) is 0 Å². The summed E-state index contributed by atoms with van der Waals surface area (Å²) in [4.78, 5) is 8.13. The maximum absolute atomic E-state index is 9.20. The molecule has 0 aliphatic carbocycles. The Kier molecular flexibility index (Phi) is 5.55. The van der Waals surface area contributed by atoms with Crippen LogP contribution in [0.15, 0.2) is 18.2 Å². The van der Waals surface area contributed by atoms with Crippen LogP contribution in [0.1, 0.15) is 16.1 Å². The highest BCUT2D eigenvalue weighted by atomic mass is 32.1. The van der Waals surface area contributed by atoms with E-state index in [1.54, 1.807) is 24.5 Å². The van der Waals surface area contributed by atoms with Gasteiger partial charge in [-0.2, -0.15) is 0 Å². The van der Waals surface area contributed by atoms with Gasteiger partial charge in [0.1, 0.15) is 6.61 Å². The van der Waals surface area contributed by atoms with Gasteiger partial charge < -0.3 is 24.2 Å². The van der Waals surface area contributed by atoms with Crippen LogP contribution >= 0.6 is 11.3 Å². The molecule has 7 heteroatoms.